The molecule has 2 amide bonds. The number of carbonyl (C=O) groups excluding carboxylic acids is 2. The number of nitrogens with one attached hydrogen (secondary N) is 1. The van der Waals surface area contributed by atoms with E-state index in [-0.39, 0.29) is 11.9 Å². The monoisotopic (exact) mass is 344 g/mol. The second-order valence-corrected chi connectivity index (χ2v) is 7.29. The predicted molar refractivity (Wildman–Crippen MR) is 95.8 cm³/mol. The van der Waals surface area contributed by atoms with Crippen molar-refractivity contribution in [1.82, 2.24) is 10.2 Å². The Morgan fingerprint density at radius 2 is 1.72 bits per heavy atom. The molecule has 2 heterocycles. The molecule has 0 bridgehead atoms. The molecule has 25 heavy (non-hydrogen) atoms. The van der Waals surface area contributed by atoms with Crippen molar-refractivity contribution in [2.24, 2.45) is 11.8 Å². The first-order chi connectivity index (χ1) is 12.1. The summed E-state index contributed by atoms with van der Waals surface area (Å²) in [4.78, 5) is 26.9. The van der Waals surface area contributed by atoms with E-state index in [1.807, 2.05) is 30.3 Å². The zero-order chi connectivity index (χ0) is 17.6. The molecule has 1 unspecified atom stereocenters. The van der Waals surface area contributed by atoms with Gasteiger partial charge in [0.1, 0.15) is 0 Å². The summed E-state index contributed by atoms with van der Waals surface area (Å²) in [6.45, 7) is 4.98. The van der Waals surface area contributed by atoms with Gasteiger partial charge in [0, 0.05) is 26.3 Å². The number of carbonyl (C=O) groups is 2. The van der Waals surface area contributed by atoms with Crippen molar-refractivity contribution in [3.63, 3.8) is 0 Å². The molecule has 2 aliphatic rings. The van der Waals surface area contributed by atoms with Crippen molar-refractivity contribution in [2.75, 3.05) is 26.3 Å². The van der Waals surface area contributed by atoms with Gasteiger partial charge in [0.25, 0.3) is 0 Å². The van der Waals surface area contributed by atoms with Gasteiger partial charge in [0.05, 0.1) is 6.04 Å². The lowest BCUT2D eigenvalue weighted by Crippen LogP contribution is -2.48. The Hall–Kier alpha value is -1.88. The van der Waals surface area contributed by atoms with Crippen LogP contribution in [0.4, 0.5) is 0 Å². The van der Waals surface area contributed by atoms with Gasteiger partial charge in [-0.2, -0.15) is 0 Å². The molecule has 0 aromatic heterocycles. The minimum atomic E-state index is -0.477. The van der Waals surface area contributed by atoms with Gasteiger partial charge in [0.15, 0.2) is 0 Å². The topological polar surface area (TPSA) is 58.6 Å². The lowest BCUT2D eigenvalue weighted by molar-refractivity contribution is -0.147. The zero-order valence-corrected chi connectivity index (χ0v) is 14.9. The first kappa shape index (κ1) is 17.9. The van der Waals surface area contributed by atoms with E-state index in [2.05, 4.69) is 12.2 Å². The Morgan fingerprint density at radius 1 is 1.08 bits per heavy atom. The number of piperidine rings is 1. The molecule has 5 nitrogen and oxygen atoms in total. The van der Waals surface area contributed by atoms with E-state index < -0.39 is 5.91 Å². The molecule has 1 aromatic carbocycles. The third kappa shape index (κ3) is 4.60. The number of hydrogen-bond donors (Lipinski definition) is 1. The predicted octanol–water partition coefficient (Wildman–Crippen LogP) is 2.53. The maximum atomic E-state index is 12.6. The normalized spacial score (nSPS) is 20.9. The summed E-state index contributed by atoms with van der Waals surface area (Å²) in [6, 6.07) is 9.82. The average Bonchev–Trinajstić information content (AvgIpc) is 2.67. The van der Waals surface area contributed by atoms with Crippen LogP contribution in [-0.4, -0.2) is 43.0 Å². The van der Waals surface area contributed by atoms with Crippen LogP contribution >= 0.6 is 0 Å². The zero-order valence-electron chi connectivity index (χ0n) is 14.9. The number of nitrogens with zero attached hydrogens (tertiary/aromatic N) is 1. The van der Waals surface area contributed by atoms with Crippen molar-refractivity contribution >= 4 is 11.8 Å². The molecule has 0 spiro atoms. The molecule has 1 N–H and O–H groups in total. The smallest absolute Gasteiger partial charge is 0.311 e. The van der Waals surface area contributed by atoms with Crippen LogP contribution in [0.3, 0.4) is 0 Å². The van der Waals surface area contributed by atoms with Gasteiger partial charge >= 0.3 is 11.8 Å². The standard InChI is InChI=1S/C20H28N2O3/c1-15-7-11-22(12-8-15)20(24)19(23)21-18(16-5-3-2-4-6-16)17-9-13-25-14-10-17/h2-6,15,17-18H,7-14H2,1H3,(H,21,23). The van der Waals surface area contributed by atoms with Gasteiger partial charge < -0.3 is 15.0 Å². The Bertz CT molecular complexity index is 576. The summed E-state index contributed by atoms with van der Waals surface area (Å²) < 4.78 is 5.46. The second kappa shape index (κ2) is 8.48. The van der Waals surface area contributed by atoms with Gasteiger partial charge in [0.2, 0.25) is 0 Å². The number of benzene rings is 1. The minimum absolute atomic E-state index is 0.134. The fraction of sp³-hybridized carbons (Fsp3) is 0.600. The second-order valence-electron chi connectivity index (χ2n) is 7.29. The molecule has 5 heteroatoms. The van der Waals surface area contributed by atoms with Crippen LogP contribution in [-0.2, 0) is 14.3 Å². The van der Waals surface area contributed by atoms with Crippen LogP contribution in [0.1, 0.15) is 44.2 Å². The van der Waals surface area contributed by atoms with Gasteiger partial charge in [-0.25, -0.2) is 0 Å². The maximum Gasteiger partial charge on any atom is 0.311 e. The molecule has 3 rings (SSSR count). The van der Waals surface area contributed by atoms with Gasteiger partial charge in [-0.15, -0.1) is 0 Å². The van der Waals surface area contributed by atoms with E-state index in [0.717, 1.165) is 31.2 Å². The fourth-order valence-corrected chi connectivity index (χ4v) is 3.74. The molecular weight excluding hydrogens is 316 g/mol. The summed E-state index contributed by atoms with van der Waals surface area (Å²) in [5, 5.41) is 3.03. The summed E-state index contributed by atoms with van der Waals surface area (Å²) in [7, 11) is 0. The molecule has 1 atom stereocenters. The van der Waals surface area contributed by atoms with E-state index in [0.29, 0.717) is 38.1 Å². The van der Waals surface area contributed by atoms with E-state index in [1.165, 1.54) is 0 Å². The lowest BCUT2D eigenvalue weighted by Gasteiger charge is -2.33. The number of ether oxygens (including phenoxy) is 1. The third-order valence-electron chi connectivity index (χ3n) is 5.45. The molecular formula is C20H28N2O3. The summed E-state index contributed by atoms with van der Waals surface area (Å²) in [6.07, 6.45) is 3.74. The average molecular weight is 344 g/mol. The van der Waals surface area contributed by atoms with Crippen LogP contribution in [0.25, 0.3) is 0 Å². The van der Waals surface area contributed by atoms with Crippen molar-refractivity contribution in [1.29, 1.82) is 0 Å². The Kier molecular flexibility index (Phi) is 6.08. The Balaban J connectivity index is 1.68. The number of rotatable bonds is 3. The van der Waals surface area contributed by atoms with E-state index >= 15 is 0 Å². The van der Waals surface area contributed by atoms with Crippen molar-refractivity contribution < 1.29 is 14.3 Å². The number of likely N-dealkylation sites (tertiary alicyclic amines) is 1. The van der Waals surface area contributed by atoms with E-state index in [1.54, 1.807) is 4.90 Å². The van der Waals surface area contributed by atoms with Crippen LogP contribution in [0.5, 0.6) is 0 Å². The fourth-order valence-electron chi connectivity index (χ4n) is 3.74. The molecule has 0 aliphatic carbocycles. The maximum absolute atomic E-state index is 12.6. The molecule has 2 fully saturated rings. The number of amides is 2. The molecule has 2 saturated heterocycles. The van der Waals surface area contributed by atoms with Crippen molar-refractivity contribution in [3.05, 3.63) is 35.9 Å². The molecule has 0 saturated carbocycles. The SMILES string of the molecule is CC1CCN(C(=O)C(=O)NC(c2ccccc2)C2CCOCC2)CC1. The van der Waals surface area contributed by atoms with Crippen molar-refractivity contribution in [3.8, 4) is 0 Å². The molecule has 0 radical (unpaired) electrons. The first-order valence-corrected chi connectivity index (χ1v) is 9.37. The number of hydrogen-bond acceptors (Lipinski definition) is 3. The molecule has 136 valence electrons. The van der Waals surface area contributed by atoms with E-state index in [9.17, 15) is 9.59 Å². The quantitative estimate of drug-likeness (QED) is 0.857. The third-order valence-corrected chi connectivity index (χ3v) is 5.45. The minimum Gasteiger partial charge on any atom is -0.381 e. The van der Waals surface area contributed by atoms with Gasteiger partial charge in [-0.3, -0.25) is 9.59 Å². The summed E-state index contributed by atoms with van der Waals surface area (Å²) in [5.74, 6) is 0.0653. The van der Waals surface area contributed by atoms with Gasteiger partial charge in [-0.1, -0.05) is 37.3 Å². The molecule has 2 aliphatic heterocycles. The van der Waals surface area contributed by atoms with Crippen LogP contribution < -0.4 is 5.32 Å². The lowest BCUT2D eigenvalue weighted by atomic mass is 9.87. The van der Waals surface area contributed by atoms with Crippen LogP contribution in [0.15, 0.2) is 30.3 Å². The van der Waals surface area contributed by atoms with Crippen LogP contribution in [0, 0.1) is 11.8 Å². The Morgan fingerprint density at radius 3 is 2.36 bits per heavy atom. The van der Waals surface area contributed by atoms with E-state index in [4.69, 9.17) is 4.74 Å². The summed E-state index contributed by atoms with van der Waals surface area (Å²) in [5.41, 5.74) is 1.06. The highest BCUT2D eigenvalue weighted by Crippen LogP contribution is 2.30. The van der Waals surface area contributed by atoms with Crippen LogP contribution in [0.2, 0.25) is 0 Å². The highest BCUT2D eigenvalue weighted by Gasteiger charge is 2.31. The van der Waals surface area contributed by atoms with Crippen molar-refractivity contribution in [2.45, 2.75) is 38.6 Å². The highest BCUT2D eigenvalue weighted by molar-refractivity contribution is 6.35. The Labute approximate surface area is 149 Å². The highest BCUT2D eigenvalue weighted by atomic mass is 16.5. The largest absolute Gasteiger partial charge is 0.381 e. The molecule has 1 aromatic rings. The first-order valence-electron chi connectivity index (χ1n) is 9.37. The summed E-state index contributed by atoms with van der Waals surface area (Å²) >= 11 is 0. The van der Waals surface area contributed by atoms with Gasteiger partial charge in [-0.05, 0) is 43.1 Å².